The van der Waals surface area contributed by atoms with E-state index in [1.807, 2.05) is 13.8 Å². The van der Waals surface area contributed by atoms with Crippen LogP contribution in [0.15, 0.2) is 47.6 Å². The van der Waals surface area contributed by atoms with E-state index >= 15 is 4.39 Å². The van der Waals surface area contributed by atoms with Crippen molar-refractivity contribution in [1.82, 2.24) is 9.97 Å². The molecule has 5 heterocycles. The fraction of sp³-hybridized carbons (Fsp3) is 0.320. The first-order chi connectivity index (χ1) is 17.3. The maximum Gasteiger partial charge on any atom is 0.283 e. The van der Waals surface area contributed by atoms with Crippen LogP contribution in [0.5, 0.6) is 11.5 Å². The Morgan fingerprint density at radius 1 is 1.06 bits per heavy atom. The molecule has 1 saturated heterocycles. The molecule has 3 aromatic rings. The van der Waals surface area contributed by atoms with Crippen LogP contribution in [0.1, 0.15) is 31.4 Å². The summed E-state index contributed by atoms with van der Waals surface area (Å²) in [6.45, 7) is 3.37. The molecule has 1 spiro atoms. The third-order valence-electron chi connectivity index (χ3n) is 6.29. The third-order valence-corrected chi connectivity index (χ3v) is 6.29. The van der Waals surface area contributed by atoms with Crippen molar-refractivity contribution in [2.45, 2.75) is 31.7 Å². The number of aliphatic imine (C=N–C) groups is 1. The van der Waals surface area contributed by atoms with Gasteiger partial charge in [-0.05, 0) is 35.9 Å². The first-order valence-corrected chi connectivity index (χ1v) is 11.5. The second-order valence-corrected chi connectivity index (χ2v) is 8.43. The van der Waals surface area contributed by atoms with Crippen LogP contribution in [0.3, 0.4) is 0 Å². The number of nitrogens with zero attached hydrogens (tertiary/aromatic N) is 4. The summed E-state index contributed by atoms with van der Waals surface area (Å²) in [5.41, 5.74) is 5.97. The zero-order chi connectivity index (χ0) is 25.7. The highest BCUT2D eigenvalue weighted by Gasteiger charge is 2.49. The molecule has 1 fully saturated rings. The van der Waals surface area contributed by atoms with E-state index in [4.69, 9.17) is 15.2 Å². The van der Waals surface area contributed by atoms with E-state index in [-0.39, 0.29) is 54.0 Å². The second-order valence-electron chi connectivity index (χ2n) is 8.43. The van der Waals surface area contributed by atoms with E-state index in [0.717, 1.165) is 0 Å². The Morgan fingerprint density at radius 3 is 2.53 bits per heavy atom. The summed E-state index contributed by atoms with van der Waals surface area (Å²) in [4.78, 5) is 13.4. The lowest BCUT2D eigenvalue weighted by Gasteiger charge is -2.34. The molecule has 11 heteroatoms. The van der Waals surface area contributed by atoms with Crippen LogP contribution in [0.25, 0.3) is 11.1 Å². The van der Waals surface area contributed by atoms with Gasteiger partial charge in [0.15, 0.2) is 11.3 Å². The Bertz CT molecular complexity index is 1370. The number of amidine groups is 1. The van der Waals surface area contributed by atoms with Crippen LogP contribution >= 0.6 is 0 Å². The number of halogens is 4. The molecule has 36 heavy (non-hydrogen) atoms. The van der Waals surface area contributed by atoms with Crippen molar-refractivity contribution in [3.63, 3.8) is 0 Å². The summed E-state index contributed by atoms with van der Waals surface area (Å²) in [6, 6.07) is 9.38. The first kappa shape index (κ1) is 23.8. The van der Waals surface area contributed by atoms with Gasteiger partial charge in [0, 0.05) is 35.9 Å². The minimum Gasteiger partial charge on any atom is -0.462 e. The highest BCUT2D eigenvalue weighted by molar-refractivity contribution is 5.78. The van der Waals surface area contributed by atoms with Gasteiger partial charge in [0.05, 0.1) is 6.54 Å². The molecular formula is C25H23F4N5O2. The van der Waals surface area contributed by atoms with E-state index in [1.165, 1.54) is 17.2 Å². The number of alkyl halides is 2. The molecule has 0 unspecified atom stereocenters. The van der Waals surface area contributed by atoms with Gasteiger partial charge in [-0.15, -0.1) is 0 Å². The van der Waals surface area contributed by atoms with Crippen molar-refractivity contribution in [2.75, 3.05) is 24.6 Å². The van der Waals surface area contributed by atoms with E-state index in [2.05, 4.69) is 15.0 Å². The number of nitrogens with two attached hydrogens (primary N) is 1. The number of anilines is 1. The summed E-state index contributed by atoms with van der Waals surface area (Å²) in [7, 11) is 0. The molecule has 3 aliphatic rings. The molecule has 0 bridgehead atoms. The average Bonchev–Trinajstić information content (AvgIpc) is 3.44. The third kappa shape index (κ3) is 3.78. The molecule has 2 N–H and O–H groups in total. The van der Waals surface area contributed by atoms with Crippen LogP contribution in [0, 0.1) is 11.9 Å². The largest absolute Gasteiger partial charge is 0.462 e. The van der Waals surface area contributed by atoms with E-state index in [9.17, 15) is 13.2 Å². The molecule has 0 saturated carbocycles. The van der Waals surface area contributed by atoms with E-state index < -0.39 is 29.9 Å². The molecule has 0 amide bonds. The average molecular weight is 501 g/mol. The van der Waals surface area contributed by atoms with Crippen molar-refractivity contribution in [3.05, 3.63) is 65.6 Å². The molecule has 2 aromatic heterocycles. The van der Waals surface area contributed by atoms with Crippen LogP contribution in [-0.4, -0.2) is 41.6 Å². The number of aromatic nitrogens is 2. The maximum absolute atomic E-state index is 15.2. The quantitative estimate of drug-likeness (QED) is 0.394. The molecule has 0 radical (unpaired) electrons. The van der Waals surface area contributed by atoms with Crippen LogP contribution in [-0.2, 0) is 10.3 Å². The van der Waals surface area contributed by atoms with Gasteiger partial charge >= 0.3 is 0 Å². The Morgan fingerprint density at radius 2 is 1.86 bits per heavy atom. The van der Waals surface area contributed by atoms with Gasteiger partial charge in [0.2, 0.25) is 5.95 Å². The molecule has 1 atom stereocenters. The summed E-state index contributed by atoms with van der Waals surface area (Å²) < 4.78 is 68.5. The van der Waals surface area contributed by atoms with Crippen molar-refractivity contribution in [1.29, 1.82) is 0 Å². The smallest absolute Gasteiger partial charge is 0.283 e. The number of pyridine rings is 2. The van der Waals surface area contributed by atoms with Gasteiger partial charge in [-0.25, -0.2) is 18.8 Å². The highest BCUT2D eigenvalue weighted by Crippen LogP contribution is 2.53. The predicted octanol–water partition coefficient (Wildman–Crippen LogP) is 4.99. The van der Waals surface area contributed by atoms with Crippen molar-refractivity contribution in [3.8, 4) is 22.6 Å². The standard InChI is InChI=1S/C23H17F4N5O2.C2H6/c24-19-13(2-1-6-29-19)12-3-4-16-14(8-12)23(11-33-21(28)31-23)15-9-17(30-20(25)18(15)34-16)32-7-5-22(26,27)10-32;1-2/h1-4,6,8-9H,5,7,10-11H2,(H2,28,31);1-2H3/t23-;/m0./s1. The fourth-order valence-electron chi connectivity index (χ4n) is 4.66. The van der Waals surface area contributed by atoms with Crippen molar-refractivity contribution in [2.24, 2.45) is 10.7 Å². The minimum absolute atomic E-state index is 0.0228. The van der Waals surface area contributed by atoms with Gasteiger partial charge in [-0.3, -0.25) is 0 Å². The maximum atomic E-state index is 15.2. The SMILES string of the molecule is CC.NC1=N[C@@]2(CO1)c1cc(-c3cccnc3F)ccc1Oc1c2cc(N2CCC(F)(F)C2)nc1F. The Labute approximate surface area is 204 Å². The summed E-state index contributed by atoms with van der Waals surface area (Å²) >= 11 is 0. The lowest BCUT2D eigenvalue weighted by molar-refractivity contribution is 0.0256. The normalized spacial score (nSPS) is 21.1. The molecule has 188 valence electrons. The van der Waals surface area contributed by atoms with E-state index in [0.29, 0.717) is 11.1 Å². The lowest BCUT2D eigenvalue weighted by Crippen LogP contribution is -2.33. The van der Waals surface area contributed by atoms with Crippen LogP contribution in [0.2, 0.25) is 0 Å². The number of hydrogen-bond donors (Lipinski definition) is 1. The predicted molar refractivity (Wildman–Crippen MR) is 125 cm³/mol. The van der Waals surface area contributed by atoms with Crippen molar-refractivity contribution >= 4 is 11.8 Å². The summed E-state index contributed by atoms with van der Waals surface area (Å²) in [5, 5.41) is 0. The van der Waals surface area contributed by atoms with Gasteiger partial charge in [0.25, 0.3) is 17.9 Å². The monoisotopic (exact) mass is 501 g/mol. The number of fused-ring (bicyclic) bond motifs is 4. The zero-order valence-electron chi connectivity index (χ0n) is 19.6. The molecule has 3 aliphatic heterocycles. The Kier molecular flexibility index (Phi) is 5.73. The van der Waals surface area contributed by atoms with E-state index in [1.54, 1.807) is 30.3 Å². The zero-order valence-corrected chi connectivity index (χ0v) is 19.6. The Balaban J connectivity index is 0.00000130. The first-order valence-electron chi connectivity index (χ1n) is 11.5. The van der Waals surface area contributed by atoms with Gasteiger partial charge in [0.1, 0.15) is 18.2 Å². The lowest BCUT2D eigenvalue weighted by atomic mass is 9.80. The highest BCUT2D eigenvalue weighted by atomic mass is 19.3. The molecule has 7 nitrogen and oxygen atoms in total. The van der Waals surface area contributed by atoms with Crippen LogP contribution in [0.4, 0.5) is 23.4 Å². The Hall–Kier alpha value is -3.89. The number of hydrogen-bond acceptors (Lipinski definition) is 7. The number of benzene rings is 1. The summed E-state index contributed by atoms with van der Waals surface area (Å²) in [6.07, 6.45) is 0.985. The molecule has 6 rings (SSSR count). The van der Waals surface area contributed by atoms with Crippen LogP contribution < -0.4 is 15.4 Å². The minimum atomic E-state index is -2.89. The van der Waals surface area contributed by atoms with Crippen molar-refractivity contribution < 1.29 is 27.0 Å². The van der Waals surface area contributed by atoms with Gasteiger partial charge in [-0.1, -0.05) is 19.9 Å². The topological polar surface area (TPSA) is 85.9 Å². The fourth-order valence-corrected chi connectivity index (χ4v) is 4.66. The number of rotatable bonds is 2. The molecular weight excluding hydrogens is 478 g/mol. The number of ether oxygens (including phenoxy) is 2. The molecule has 1 aromatic carbocycles. The van der Waals surface area contributed by atoms with Gasteiger partial charge in [-0.2, -0.15) is 13.8 Å². The second kappa shape index (κ2) is 8.65. The molecule has 0 aliphatic carbocycles. The summed E-state index contributed by atoms with van der Waals surface area (Å²) in [5.74, 6) is -4.40. The van der Waals surface area contributed by atoms with Gasteiger partial charge < -0.3 is 20.1 Å².